The van der Waals surface area contributed by atoms with E-state index in [1.165, 1.54) is 23.1 Å². The highest BCUT2D eigenvalue weighted by atomic mass is 32.2. The Morgan fingerprint density at radius 1 is 1.26 bits per heavy atom. The van der Waals surface area contributed by atoms with Crippen LogP contribution < -0.4 is 10.2 Å². The van der Waals surface area contributed by atoms with Crippen molar-refractivity contribution in [3.05, 3.63) is 75.5 Å². The summed E-state index contributed by atoms with van der Waals surface area (Å²) < 4.78 is 73.0. The van der Waals surface area contributed by atoms with Crippen molar-refractivity contribution in [2.45, 2.75) is 19.6 Å². The molecule has 34 heavy (non-hydrogen) atoms. The molecule has 2 N–H and O–H groups in total. The van der Waals surface area contributed by atoms with Crippen molar-refractivity contribution >= 4 is 39.1 Å². The summed E-state index contributed by atoms with van der Waals surface area (Å²) in [4.78, 5) is 18.6. The molecule has 1 heterocycles. The number of rotatable bonds is 7. The van der Waals surface area contributed by atoms with Crippen LogP contribution in [0.25, 0.3) is 0 Å². The number of alkyl halides is 3. The van der Waals surface area contributed by atoms with Crippen molar-refractivity contribution in [3.63, 3.8) is 0 Å². The van der Waals surface area contributed by atoms with Crippen molar-refractivity contribution in [1.82, 2.24) is 10.3 Å². The zero-order chi connectivity index (χ0) is 25.0. The molecule has 178 valence electrons. The number of carbonyl (C=O) groups is 1. The molecule has 0 aliphatic rings. The van der Waals surface area contributed by atoms with Gasteiger partial charge in [0, 0.05) is 10.6 Å². The molecular formula is C21H16F4N4O3S2. The Balaban J connectivity index is 2.02. The monoisotopic (exact) mass is 512 g/mol. The van der Waals surface area contributed by atoms with Crippen LogP contribution in [0.3, 0.4) is 0 Å². The van der Waals surface area contributed by atoms with Crippen LogP contribution in [-0.2, 0) is 23.8 Å². The second kappa shape index (κ2) is 10.3. The number of nitrogens with zero attached hydrogens (tertiary/aromatic N) is 3. The first kappa shape index (κ1) is 25.3. The Morgan fingerprint density at radius 3 is 2.53 bits per heavy atom. The summed E-state index contributed by atoms with van der Waals surface area (Å²) in [6.07, 6.45) is -4.88. The quantitative estimate of drug-likeness (QED) is 0.350. The van der Waals surface area contributed by atoms with Gasteiger partial charge in [-0.2, -0.15) is 18.4 Å². The van der Waals surface area contributed by atoms with E-state index in [0.717, 1.165) is 17.4 Å². The molecule has 2 aromatic carbocycles. The molecule has 0 saturated heterocycles. The van der Waals surface area contributed by atoms with Gasteiger partial charge in [0.1, 0.15) is 17.4 Å². The Kier molecular flexibility index (Phi) is 7.65. The number of aromatic nitrogens is 1. The van der Waals surface area contributed by atoms with E-state index < -0.39 is 40.4 Å². The van der Waals surface area contributed by atoms with E-state index in [1.54, 1.807) is 19.1 Å². The van der Waals surface area contributed by atoms with Gasteiger partial charge in [-0.3, -0.25) is 4.79 Å². The van der Waals surface area contributed by atoms with Crippen LogP contribution in [0.4, 0.5) is 28.4 Å². The van der Waals surface area contributed by atoms with Crippen molar-refractivity contribution in [2.24, 2.45) is 0 Å². The fourth-order valence-corrected chi connectivity index (χ4v) is 4.16. The first-order valence-electron chi connectivity index (χ1n) is 9.46. The van der Waals surface area contributed by atoms with Gasteiger partial charge in [0.2, 0.25) is 0 Å². The number of halogens is 4. The molecule has 1 unspecified atom stereocenters. The van der Waals surface area contributed by atoms with Gasteiger partial charge in [-0.1, -0.05) is 6.07 Å². The Labute approximate surface area is 197 Å². The summed E-state index contributed by atoms with van der Waals surface area (Å²) in [6.45, 7) is 1.45. The van der Waals surface area contributed by atoms with E-state index in [9.17, 15) is 26.6 Å². The van der Waals surface area contributed by atoms with E-state index in [1.807, 2.05) is 6.07 Å². The summed E-state index contributed by atoms with van der Waals surface area (Å²) in [5, 5.41) is 11.5. The summed E-state index contributed by atoms with van der Waals surface area (Å²) >= 11 is -1.18. The Bertz CT molecular complexity index is 1270. The first-order valence-corrected chi connectivity index (χ1v) is 11.5. The summed E-state index contributed by atoms with van der Waals surface area (Å²) in [6, 6.07) is 10.8. The highest BCUT2D eigenvalue weighted by Crippen LogP contribution is 2.35. The maximum absolute atomic E-state index is 13.7. The zero-order valence-electron chi connectivity index (χ0n) is 17.4. The molecule has 0 aliphatic heterocycles. The molecule has 3 rings (SSSR count). The molecular weight excluding hydrogens is 496 g/mol. The molecule has 1 atom stereocenters. The average molecular weight is 513 g/mol. The lowest BCUT2D eigenvalue weighted by molar-refractivity contribution is -0.140. The molecule has 7 nitrogen and oxygen atoms in total. The molecule has 1 amide bonds. The smallest absolute Gasteiger partial charge is 0.337 e. The van der Waals surface area contributed by atoms with Crippen LogP contribution in [0.5, 0.6) is 0 Å². The SMILES string of the molecule is Cc1sc(N(Cc2ccc(F)c(C(F)(F)F)c2)c2ccc(C#N)cc2)nc1C(=O)NCS(=O)O. The van der Waals surface area contributed by atoms with Gasteiger partial charge in [0.15, 0.2) is 16.2 Å². The van der Waals surface area contributed by atoms with Gasteiger partial charge in [0.05, 0.1) is 23.7 Å². The third kappa shape index (κ3) is 5.96. The predicted molar refractivity (Wildman–Crippen MR) is 118 cm³/mol. The molecule has 3 aromatic rings. The number of thiazole rings is 1. The molecule has 0 saturated carbocycles. The number of benzene rings is 2. The van der Waals surface area contributed by atoms with Crippen LogP contribution in [0.15, 0.2) is 42.5 Å². The van der Waals surface area contributed by atoms with Crippen molar-refractivity contribution in [3.8, 4) is 6.07 Å². The molecule has 0 fully saturated rings. The van der Waals surface area contributed by atoms with E-state index in [0.29, 0.717) is 22.2 Å². The number of hydrogen-bond donors (Lipinski definition) is 2. The van der Waals surface area contributed by atoms with Crippen LogP contribution in [-0.4, -0.2) is 25.5 Å². The highest BCUT2D eigenvalue weighted by Gasteiger charge is 2.34. The largest absolute Gasteiger partial charge is 0.419 e. The maximum atomic E-state index is 13.7. The molecule has 0 radical (unpaired) electrons. The van der Waals surface area contributed by atoms with Gasteiger partial charge < -0.3 is 14.8 Å². The highest BCUT2D eigenvalue weighted by molar-refractivity contribution is 7.79. The van der Waals surface area contributed by atoms with Gasteiger partial charge in [0.25, 0.3) is 5.91 Å². The number of amides is 1. The van der Waals surface area contributed by atoms with E-state index in [-0.39, 0.29) is 22.9 Å². The molecule has 0 aliphatic carbocycles. The first-order chi connectivity index (χ1) is 16.0. The topological polar surface area (TPSA) is 106 Å². The second-order valence-electron chi connectivity index (χ2n) is 6.93. The number of aryl methyl sites for hydroxylation is 1. The fraction of sp³-hybridized carbons (Fsp3) is 0.190. The van der Waals surface area contributed by atoms with Crippen LogP contribution >= 0.6 is 11.3 Å². The summed E-state index contributed by atoms with van der Waals surface area (Å²) in [5.41, 5.74) is -0.463. The maximum Gasteiger partial charge on any atom is 0.419 e. The minimum absolute atomic E-state index is 0.0146. The lowest BCUT2D eigenvalue weighted by Gasteiger charge is -2.23. The third-order valence-electron chi connectivity index (χ3n) is 4.57. The van der Waals surface area contributed by atoms with Gasteiger partial charge in [-0.05, 0) is 48.9 Å². The van der Waals surface area contributed by atoms with Crippen LogP contribution in [0.2, 0.25) is 0 Å². The second-order valence-corrected chi connectivity index (χ2v) is 9.04. The molecule has 0 spiro atoms. The van der Waals surface area contributed by atoms with E-state index in [4.69, 9.17) is 9.81 Å². The number of anilines is 2. The molecule has 13 heteroatoms. The van der Waals surface area contributed by atoms with Crippen molar-refractivity contribution in [1.29, 1.82) is 5.26 Å². The number of hydrogen-bond acceptors (Lipinski definition) is 6. The van der Waals surface area contributed by atoms with Crippen molar-refractivity contribution < 1.29 is 31.1 Å². The summed E-state index contributed by atoms with van der Waals surface area (Å²) in [5.74, 6) is -2.59. The third-order valence-corrected chi connectivity index (χ3v) is 5.96. The van der Waals surface area contributed by atoms with Crippen LogP contribution in [0, 0.1) is 24.1 Å². The Hall–Kier alpha value is -3.34. The van der Waals surface area contributed by atoms with E-state index in [2.05, 4.69) is 10.3 Å². The van der Waals surface area contributed by atoms with Gasteiger partial charge in [-0.15, -0.1) is 11.3 Å². The minimum Gasteiger partial charge on any atom is -0.337 e. The Morgan fingerprint density at radius 2 is 1.94 bits per heavy atom. The molecule has 0 bridgehead atoms. The fourth-order valence-electron chi connectivity index (χ4n) is 2.98. The number of carbonyl (C=O) groups excluding carboxylic acids is 1. The zero-order valence-corrected chi connectivity index (χ0v) is 19.0. The standard InChI is InChI=1S/C21H16F4N4O3S2/c1-12-18(19(30)27-11-34(31)32)28-20(33-12)29(15-5-2-13(9-26)3-6-15)10-14-4-7-17(22)16(8-14)21(23,24)25/h2-8H,10-11H2,1H3,(H,27,30)(H,31,32). The van der Waals surface area contributed by atoms with Crippen molar-refractivity contribution in [2.75, 3.05) is 10.8 Å². The van der Waals surface area contributed by atoms with Crippen LogP contribution in [0.1, 0.15) is 32.1 Å². The summed E-state index contributed by atoms with van der Waals surface area (Å²) in [7, 11) is 0. The number of nitrogens with one attached hydrogen (secondary N) is 1. The normalized spacial score (nSPS) is 12.1. The van der Waals surface area contributed by atoms with E-state index >= 15 is 0 Å². The molecule has 1 aromatic heterocycles. The number of nitriles is 1. The van der Waals surface area contributed by atoms with Gasteiger partial charge >= 0.3 is 6.18 Å². The lowest BCUT2D eigenvalue weighted by atomic mass is 10.1. The lowest BCUT2D eigenvalue weighted by Crippen LogP contribution is -2.27. The average Bonchev–Trinajstić information content (AvgIpc) is 3.17. The predicted octanol–water partition coefficient (Wildman–Crippen LogP) is 4.73. The van der Waals surface area contributed by atoms with Gasteiger partial charge in [-0.25, -0.2) is 13.6 Å². The minimum atomic E-state index is -4.88.